The molecular formula is C13H15N3O2. The molecule has 2 rings (SSSR count). The highest BCUT2D eigenvalue weighted by atomic mass is 16.3. The van der Waals surface area contributed by atoms with Gasteiger partial charge in [-0.3, -0.25) is 9.48 Å². The molecule has 0 saturated carbocycles. The SMILES string of the molecule is Cn1nccc1CNC(=O)Cc1ccccc1O. The van der Waals surface area contributed by atoms with Gasteiger partial charge in [-0.1, -0.05) is 18.2 Å². The third-order valence-corrected chi connectivity index (χ3v) is 2.73. The van der Waals surface area contributed by atoms with E-state index in [0.717, 1.165) is 5.69 Å². The lowest BCUT2D eigenvalue weighted by atomic mass is 10.1. The van der Waals surface area contributed by atoms with E-state index in [-0.39, 0.29) is 18.1 Å². The van der Waals surface area contributed by atoms with Crippen LogP contribution >= 0.6 is 0 Å². The minimum absolute atomic E-state index is 0.127. The van der Waals surface area contributed by atoms with Crippen LogP contribution in [0, 0.1) is 0 Å². The molecule has 18 heavy (non-hydrogen) atoms. The number of phenolic OH excluding ortho intramolecular Hbond substituents is 1. The van der Waals surface area contributed by atoms with Gasteiger partial charge in [-0.2, -0.15) is 5.10 Å². The zero-order valence-electron chi connectivity index (χ0n) is 10.1. The minimum Gasteiger partial charge on any atom is -0.508 e. The first-order valence-electron chi connectivity index (χ1n) is 5.67. The van der Waals surface area contributed by atoms with E-state index in [2.05, 4.69) is 10.4 Å². The summed E-state index contributed by atoms with van der Waals surface area (Å²) in [4.78, 5) is 11.7. The Hall–Kier alpha value is -2.30. The first-order valence-corrected chi connectivity index (χ1v) is 5.67. The molecule has 0 aliphatic carbocycles. The summed E-state index contributed by atoms with van der Waals surface area (Å²) in [7, 11) is 1.82. The van der Waals surface area contributed by atoms with Gasteiger partial charge >= 0.3 is 0 Å². The Morgan fingerprint density at radius 1 is 1.39 bits per heavy atom. The van der Waals surface area contributed by atoms with E-state index in [0.29, 0.717) is 12.1 Å². The highest BCUT2D eigenvalue weighted by molar-refractivity contribution is 5.79. The molecule has 0 aliphatic rings. The number of nitrogens with zero attached hydrogens (tertiary/aromatic N) is 2. The first kappa shape index (κ1) is 12.2. The zero-order chi connectivity index (χ0) is 13.0. The van der Waals surface area contributed by atoms with Crippen LogP contribution in [0.2, 0.25) is 0 Å². The second-order valence-corrected chi connectivity index (χ2v) is 4.03. The maximum atomic E-state index is 11.7. The number of aryl methyl sites for hydroxylation is 1. The highest BCUT2D eigenvalue weighted by Crippen LogP contribution is 2.15. The van der Waals surface area contributed by atoms with E-state index >= 15 is 0 Å². The summed E-state index contributed by atoms with van der Waals surface area (Å²) in [6, 6.07) is 8.68. The smallest absolute Gasteiger partial charge is 0.224 e. The summed E-state index contributed by atoms with van der Waals surface area (Å²) in [5.74, 6) is 0.0193. The predicted molar refractivity (Wildman–Crippen MR) is 66.9 cm³/mol. The van der Waals surface area contributed by atoms with Crippen LogP contribution in [-0.2, 0) is 24.8 Å². The molecule has 0 radical (unpaired) electrons. The Morgan fingerprint density at radius 2 is 2.17 bits per heavy atom. The molecule has 0 aliphatic heterocycles. The molecule has 1 aromatic carbocycles. The summed E-state index contributed by atoms with van der Waals surface area (Å²) in [5, 5.41) is 16.4. The van der Waals surface area contributed by atoms with E-state index in [1.54, 1.807) is 35.1 Å². The summed E-state index contributed by atoms with van der Waals surface area (Å²) >= 11 is 0. The van der Waals surface area contributed by atoms with Crippen molar-refractivity contribution in [3.63, 3.8) is 0 Å². The number of carbonyl (C=O) groups is 1. The van der Waals surface area contributed by atoms with Crippen molar-refractivity contribution in [2.75, 3.05) is 0 Å². The molecule has 2 aromatic rings. The normalized spacial score (nSPS) is 10.3. The number of para-hydroxylation sites is 1. The maximum Gasteiger partial charge on any atom is 0.224 e. The Labute approximate surface area is 105 Å². The number of nitrogens with one attached hydrogen (secondary N) is 1. The number of rotatable bonds is 4. The maximum absolute atomic E-state index is 11.7. The fourth-order valence-electron chi connectivity index (χ4n) is 1.66. The Bertz CT molecular complexity index is 549. The summed E-state index contributed by atoms with van der Waals surface area (Å²) in [6.07, 6.45) is 1.86. The van der Waals surface area contributed by atoms with Crippen LogP contribution in [0.15, 0.2) is 36.5 Å². The van der Waals surface area contributed by atoms with Gasteiger partial charge in [0, 0.05) is 18.8 Å². The van der Waals surface area contributed by atoms with Crippen LogP contribution in [0.4, 0.5) is 0 Å². The zero-order valence-corrected chi connectivity index (χ0v) is 10.1. The van der Waals surface area contributed by atoms with Gasteiger partial charge in [0.05, 0.1) is 18.7 Å². The van der Waals surface area contributed by atoms with Crippen LogP contribution in [0.3, 0.4) is 0 Å². The second kappa shape index (κ2) is 5.35. The van der Waals surface area contributed by atoms with Crippen molar-refractivity contribution in [3.8, 4) is 5.75 Å². The monoisotopic (exact) mass is 245 g/mol. The van der Waals surface area contributed by atoms with E-state index in [9.17, 15) is 9.90 Å². The van der Waals surface area contributed by atoms with Crippen molar-refractivity contribution in [3.05, 3.63) is 47.8 Å². The summed E-state index contributed by atoms with van der Waals surface area (Å²) in [6.45, 7) is 0.433. The molecule has 0 bridgehead atoms. The molecule has 5 nitrogen and oxygen atoms in total. The van der Waals surface area contributed by atoms with Crippen molar-refractivity contribution >= 4 is 5.91 Å². The van der Waals surface area contributed by atoms with Gasteiger partial charge in [-0.15, -0.1) is 0 Å². The molecule has 1 heterocycles. The molecular weight excluding hydrogens is 230 g/mol. The summed E-state index contributed by atoms with van der Waals surface area (Å²) < 4.78 is 1.71. The standard InChI is InChI=1S/C13H15N3O2/c1-16-11(6-7-15-16)9-14-13(18)8-10-4-2-3-5-12(10)17/h2-7,17H,8-9H2,1H3,(H,14,18). The number of hydrogen-bond acceptors (Lipinski definition) is 3. The number of aromatic hydroxyl groups is 1. The van der Waals surface area contributed by atoms with Crippen molar-refractivity contribution in [2.24, 2.45) is 7.05 Å². The Balaban J connectivity index is 1.90. The van der Waals surface area contributed by atoms with Gasteiger partial charge in [0.15, 0.2) is 0 Å². The molecule has 1 aromatic heterocycles. The Kier molecular flexibility index (Phi) is 3.62. The van der Waals surface area contributed by atoms with Crippen molar-refractivity contribution < 1.29 is 9.90 Å². The number of carbonyl (C=O) groups excluding carboxylic acids is 1. The van der Waals surface area contributed by atoms with Crippen molar-refractivity contribution in [1.82, 2.24) is 15.1 Å². The lowest BCUT2D eigenvalue weighted by Crippen LogP contribution is -2.25. The lowest BCUT2D eigenvalue weighted by Gasteiger charge is -2.06. The fraction of sp³-hybridized carbons (Fsp3) is 0.231. The second-order valence-electron chi connectivity index (χ2n) is 4.03. The third kappa shape index (κ3) is 2.88. The van der Waals surface area contributed by atoms with Gasteiger partial charge in [0.1, 0.15) is 5.75 Å². The average Bonchev–Trinajstić information content (AvgIpc) is 2.75. The van der Waals surface area contributed by atoms with Gasteiger partial charge in [0.25, 0.3) is 0 Å². The molecule has 0 unspecified atom stereocenters. The average molecular weight is 245 g/mol. The van der Waals surface area contributed by atoms with Crippen molar-refractivity contribution in [2.45, 2.75) is 13.0 Å². The molecule has 0 atom stereocenters. The lowest BCUT2D eigenvalue weighted by molar-refractivity contribution is -0.120. The molecule has 5 heteroatoms. The quantitative estimate of drug-likeness (QED) is 0.844. The van der Waals surface area contributed by atoms with Crippen LogP contribution in [-0.4, -0.2) is 20.8 Å². The fourth-order valence-corrected chi connectivity index (χ4v) is 1.66. The highest BCUT2D eigenvalue weighted by Gasteiger charge is 2.07. The van der Waals surface area contributed by atoms with Gasteiger partial charge in [-0.05, 0) is 12.1 Å². The van der Waals surface area contributed by atoms with Crippen LogP contribution in [0.1, 0.15) is 11.3 Å². The largest absolute Gasteiger partial charge is 0.508 e. The molecule has 2 N–H and O–H groups in total. The molecule has 0 fully saturated rings. The molecule has 94 valence electrons. The molecule has 0 saturated heterocycles. The minimum atomic E-state index is -0.127. The number of benzene rings is 1. The number of aromatic nitrogens is 2. The van der Waals surface area contributed by atoms with Gasteiger partial charge in [0.2, 0.25) is 5.91 Å². The van der Waals surface area contributed by atoms with Gasteiger partial charge < -0.3 is 10.4 Å². The van der Waals surface area contributed by atoms with Crippen molar-refractivity contribution in [1.29, 1.82) is 0 Å². The number of amides is 1. The van der Waals surface area contributed by atoms with Crippen LogP contribution in [0.5, 0.6) is 5.75 Å². The molecule has 1 amide bonds. The van der Waals surface area contributed by atoms with E-state index in [1.165, 1.54) is 0 Å². The van der Waals surface area contributed by atoms with E-state index < -0.39 is 0 Å². The topological polar surface area (TPSA) is 67.2 Å². The summed E-state index contributed by atoms with van der Waals surface area (Å²) in [5.41, 5.74) is 1.56. The van der Waals surface area contributed by atoms with Crippen LogP contribution < -0.4 is 5.32 Å². The van der Waals surface area contributed by atoms with E-state index in [4.69, 9.17) is 0 Å². The number of hydrogen-bond donors (Lipinski definition) is 2. The predicted octanol–water partition coefficient (Wildman–Crippen LogP) is 0.985. The first-order chi connectivity index (χ1) is 8.66. The molecule has 0 spiro atoms. The third-order valence-electron chi connectivity index (χ3n) is 2.73. The van der Waals surface area contributed by atoms with Crippen LogP contribution in [0.25, 0.3) is 0 Å². The van der Waals surface area contributed by atoms with E-state index in [1.807, 2.05) is 13.1 Å². The van der Waals surface area contributed by atoms with Gasteiger partial charge in [-0.25, -0.2) is 0 Å². The Morgan fingerprint density at radius 3 is 2.83 bits per heavy atom. The number of phenols is 1.